The second-order valence-electron chi connectivity index (χ2n) is 7.07. The van der Waals surface area contributed by atoms with E-state index in [1.54, 1.807) is 32.9 Å². The van der Waals surface area contributed by atoms with Crippen LogP contribution in [0.5, 0.6) is 0 Å². The van der Waals surface area contributed by atoms with Crippen molar-refractivity contribution in [3.05, 3.63) is 28.2 Å². The summed E-state index contributed by atoms with van der Waals surface area (Å²) in [6.45, 7) is 8.48. The number of benzene rings is 1. The number of ketones is 2. The number of nitrogens with zero attached hydrogens (tertiary/aromatic N) is 2. The molecule has 0 radical (unpaired) electrons. The quantitative estimate of drug-likeness (QED) is 0.277. The third-order valence-electron chi connectivity index (χ3n) is 4.77. The highest BCUT2D eigenvalue weighted by Crippen LogP contribution is 2.33. The molecule has 0 saturated carbocycles. The van der Waals surface area contributed by atoms with Crippen molar-refractivity contribution in [3.63, 3.8) is 0 Å². The topological polar surface area (TPSA) is 119 Å². The SMILES string of the molecule is CCOC(=O)C(=O)C(CC)C(C)=O.CCOC(=O)C1=NN(c2ccc(Cl)cc2Cl)C(=O)C1CC. The molecule has 2 atom stereocenters. The van der Waals surface area contributed by atoms with Crippen LogP contribution in [0, 0.1) is 11.8 Å². The molecule has 1 aliphatic heterocycles. The van der Waals surface area contributed by atoms with Crippen LogP contribution in [0.25, 0.3) is 0 Å². The predicted molar refractivity (Wildman–Crippen MR) is 128 cm³/mol. The maximum Gasteiger partial charge on any atom is 0.375 e. The second kappa shape index (κ2) is 13.8. The van der Waals surface area contributed by atoms with Gasteiger partial charge in [0.25, 0.3) is 5.91 Å². The van der Waals surface area contributed by atoms with Gasteiger partial charge in [-0.05, 0) is 51.8 Å². The van der Waals surface area contributed by atoms with E-state index in [9.17, 15) is 24.0 Å². The average Bonchev–Trinajstić information content (AvgIpc) is 3.11. The van der Waals surface area contributed by atoms with Crippen LogP contribution in [-0.2, 0) is 33.4 Å². The van der Waals surface area contributed by atoms with Crippen LogP contribution in [0.15, 0.2) is 23.3 Å². The molecule has 186 valence electrons. The lowest BCUT2D eigenvalue weighted by Gasteiger charge is -2.15. The molecule has 9 nitrogen and oxygen atoms in total. The molecule has 0 fully saturated rings. The monoisotopic (exact) mass is 514 g/mol. The number of ether oxygens (including phenoxy) is 2. The van der Waals surface area contributed by atoms with Crippen molar-refractivity contribution in [2.45, 2.75) is 47.5 Å². The zero-order valence-corrected chi connectivity index (χ0v) is 21.2. The van der Waals surface area contributed by atoms with Crippen LogP contribution in [0.2, 0.25) is 10.0 Å². The van der Waals surface area contributed by atoms with Crippen molar-refractivity contribution in [2.75, 3.05) is 18.2 Å². The molecule has 0 N–H and O–H groups in total. The molecule has 1 aromatic rings. The second-order valence-corrected chi connectivity index (χ2v) is 7.91. The lowest BCUT2D eigenvalue weighted by atomic mass is 9.97. The first-order valence-corrected chi connectivity index (χ1v) is 11.5. The molecule has 1 amide bonds. The zero-order chi connectivity index (χ0) is 26.0. The van der Waals surface area contributed by atoms with Crippen LogP contribution < -0.4 is 5.01 Å². The van der Waals surface area contributed by atoms with Crippen molar-refractivity contribution >= 4 is 64.0 Å². The van der Waals surface area contributed by atoms with Gasteiger partial charge in [0.05, 0.1) is 35.8 Å². The van der Waals surface area contributed by atoms with Gasteiger partial charge in [-0.15, -0.1) is 0 Å². The highest BCUT2D eigenvalue weighted by Gasteiger charge is 2.40. The summed E-state index contributed by atoms with van der Waals surface area (Å²) >= 11 is 11.9. The molecule has 0 bridgehead atoms. The van der Waals surface area contributed by atoms with E-state index in [2.05, 4.69) is 9.84 Å². The van der Waals surface area contributed by atoms with Gasteiger partial charge < -0.3 is 9.47 Å². The normalized spacial score (nSPS) is 15.6. The predicted octanol–water partition coefficient (Wildman–Crippen LogP) is 4.02. The highest BCUT2D eigenvalue weighted by molar-refractivity contribution is 6.44. The average molecular weight is 515 g/mol. The molecule has 1 heterocycles. The van der Waals surface area contributed by atoms with Gasteiger partial charge in [0.15, 0.2) is 5.71 Å². The summed E-state index contributed by atoms with van der Waals surface area (Å²) in [4.78, 5) is 57.3. The van der Waals surface area contributed by atoms with Crippen LogP contribution >= 0.6 is 23.2 Å². The standard InChI is InChI=1S/C14H14Cl2N2O3.C9H14O4/c1-3-9-12(14(20)21-4-2)17-18(13(9)19)11-6-5-8(15)7-10(11)16;1-4-7(6(3)10)8(11)9(12)13-5-2/h5-7,9H,3-4H2,1-2H3;7H,4-5H2,1-3H3. The molecule has 1 aliphatic rings. The van der Waals surface area contributed by atoms with E-state index in [4.69, 9.17) is 27.9 Å². The first kappa shape index (κ1) is 29.3. The summed E-state index contributed by atoms with van der Waals surface area (Å²) in [5.74, 6) is -4.27. The van der Waals surface area contributed by atoms with Gasteiger partial charge in [0.2, 0.25) is 5.78 Å². The number of carbonyl (C=O) groups is 5. The first-order valence-electron chi connectivity index (χ1n) is 10.8. The minimum Gasteiger partial charge on any atom is -0.461 e. The molecule has 0 aliphatic carbocycles. The lowest BCUT2D eigenvalue weighted by molar-refractivity contribution is -0.156. The van der Waals surface area contributed by atoms with E-state index in [-0.39, 0.29) is 30.6 Å². The molecule has 0 saturated heterocycles. The van der Waals surface area contributed by atoms with Crippen molar-refractivity contribution < 1.29 is 33.4 Å². The molecule has 34 heavy (non-hydrogen) atoms. The summed E-state index contributed by atoms with van der Waals surface area (Å²) in [6, 6.07) is 4.71. The number of carbonyl (C=O) groups excluding carboxylic acids is 5. The Morgan fingerprint density at radius 1 is 1.06 bits per heavy atom. The zero-order valence-electron chi connectivity index (χ0n) is 19.7. The Morgan fingerprint density at radius 2 is 1.68 bits per heavy atom. The van der Waals surface area contributed by atoms with Crippen molar-refractivity contribution in [1.29, 1.82) is 0 Å². The number of hydrazone groups is 1. The molecule has 0 aromatic heterocycles. The Balaban J connectivity index is 0.000000385. The molecular formula is C23H28Cl2N2O7. The van der Waals surface area contributed by atoms with Gasteiger partial charge in [-0.25, -0.2) is 9.59 Å². The third-order valence-corrected chi connectivity index (χ3v) is 5.31. The Labute approximate surface area is 208 Å². The summed E-state index contributed by atoms with van der Waals surface area (Å²) < 4.78 is 9.43. The van der Waals surface area contributed by atoms with Crippen LogP contribution in [-0.4, -0.2) is 48.3 Å². The van der Waals surface area contributed by atoms with Gasteiger partial charge in [0, 0.05) is 5.02 Å². The molecule has 0 spiro atoms. The Kier molecular flexibility index (Phi) is 11.9. The number of amides is 1. The number of hydrogen-bond acceptors (Lipinski definition) is 8. The molecule has 2 rings (SSSR count). The van der Waals surface area contributed by atoms with E-state index < -0.39 is 29.6 Å². The number of Topliss-reactive ketones (excluding diaryl/α,β-unsaturated/α-hetero) is 2. The van der Waals surface area contributed by atoms with Gasteiger partial charge in [0.1, 0.15) is 5.78 Å². The van der Waals surface area contributed by atoms with Crippen molar-refractivity contribution in [3.8, 4) is 0 Å². The van der Waals surface area contributed by atoms with E-state index in [0.29, 0.717) is 28.6 Å². The smallest absolute Gasteiger partial charge is 0.375 e. The number of rotatable bonds is 9. The van der Waals surface area contributed by atoms with Crippen LogP contribution in [0.1, 0.15) is 47.5 Å². The fourth-order valence-corrected chi connectivity index (χ4v) is 3.56. The maximum atomic E-state index is 12.4. The Morgan fingerprint density at radius 3 is 2.15 bits per heavy atom. The lowest BCUT2D eigenvalue weighted by Crippen LogP contribution is -2.30. The fourth-order valence-electron chi connectivity index (χ4n) is 3.07. The largest absolute Gasteiger partial charge is 0.461 e. The van der Waals surface area contributed by atoms with E-state index in [1.165, 1.54) is 13.0 Å². The van der Waals surface area contributed by atoms with Crippen LogP contribution in [0.4, 0.5) is 5.69 Å². The number of esters is 2. The van der Waals surface area contributed by atoms with Gasteiger partial charge in [-0.2, -0.15) is 10.1 Å². The summed E-state index contributed by atoms with van der Waals surface area (Å²) in [7, 11) is 0. The van der Waals surface area contributed by atoms with E-state index in [1.807, 2.05) is 6.92 Å². The minimum atomic E-state index is -0.912. The van der Waals surface area contributed by atoms with E-state index in [0.717, 1.165) is 5.01 Å². The molecular weight excluding hydrogens is 487 g/mol. The maximum absolute atomic E-state index is 12.4. The summed E-state index contributed by atoms with van der Waals surface area (Å²) in [6.07, 6.45) is 0.797. The molecule has 2 unspecified atom stereocenters. The van der Waals surface area contributed by atoms with Gasteiger partial charge in [-0.3, -0.25) is 14.4 Å². The number of halogens is 2. The van der Waals surface area contributed by atoms with Crippen molar-refractivity contribution in [1.82, 2.24) is 0 Å². The summed E-state index contributed by atoms with van der Waals surface area (Å²) in [5.41, 5.74) is 0.499. The third kappa shape index (κ3) is 7.36. The molecule has 1 aromatic carbocycles. The number of hydrogen-bond donors (Lipinski definition) is 0. The number of anilines is 1. The van der Waals surface area contributed by atoms with Gasteiger partial charge >= 0.3 is 11.9 Å². The van der Waals surface area contributed by atoms with E-state index >= 15 is 0 Å². The van der Waals surface area contributed by atoms with Crippen LogP contribution in [0.3, 0.4) is 0 Å². The fraction of sp³-hybridized carbons (Fsp3) is 0.478. The Hall–Kier alpha value is -2.78. The Bertz CT molecular complexity index is 978. The molecule has 11 heteroatoms. The minimum absolute atomic E-state index is 0.107. The first-order chi connectivity index (χ1) is 16.0. The highest BCUT2D eigenvalue weighted by atomic mass is 35.5. The van der Waals surface area contributed by atoms with Gasteiger partial charge in [-0.1, -0.05) is 37.0 Å². The van der Waals surface area contributed by atoms with Crippen molar-refractivity contribution in [2.24, 2.45) is 16.9 Å². The summed E-state index contributed by atoms with van der Waals surface area (Å²) in [5, 5.41) is 5.98.